The molecule has 1 aromatic carbocycles. The summed E-state index contributed by atoms with van der Waals surface area (Å²) in [6.45, 7) is 2.72. The van der Waals surface area contributed by atoms with Crippen LogP contribution in [0, 0.1) is 6.92 Å². The average Bonchev–Trinajstić information content (AvgIpc) is 3.13. The molecule has 0 atom stereocenters. The predicted octanol–water partition coefficient (Wildman–Crippen LogP) is 2.29. The van der Waals surface area contributed by atoms with Gasteiger partial charge in [-0.05, 0) is 25.1 Å². The summed E-state index contributed by atoms with van der Waals surface area (Å²) < 4.78 is 5.02. The van der Waals surface area contributed by atoms with E-state index in [1.165, 1.54) is 0 Å². The largest absolute Gasteiger partial charge is 0.378 e. The summed E-state index contributed by atoms with van der Waals surface area (Å²) in [7, 11) is 3.43. The molecule has 2 heterocycles. The van der Waals surface area contributed by atoms with Crippen molar-refractivity contribution in [2.75, 3.05) is 19.5 Å². The summed E-state index contributed by atoms with van der Waals surface area (Å²) in [5, 5.41) is 12.9. The zero-order valence-electron chi connectivity index (χ0n) is 15.5. The monoisotopic (exact) mass is 366 g/mol. The van der Waals surface area contributed by atoms with E-state index in [1.807, 2.05) is 38.2 Å². The van der Waals surface area contributed by atoms with Crippen LogP contribution in [0.2, 0.25) is 0 Å². The fraction of sp³-hybridized carbons (Fsp3) is 0.263. The third kappa shape index (κ3) is 4.68. The molecule has 3 aromatic rings. The molecule has 140 valence electrons. The third-order valence-corrected chi connectivity index (χ3v) is 3.93. The van der Waals surface area contributed by atoms with Gasteiger partial charge in [0, 0.05) is 37.0 Å². The Labute approximate surface area is 157 Å². The number of methoxy groups -OCH3 is 1. The summed E-state index contributed by atoms with van der Waals surface area (Å²) in [4.78, 5) is 21.2. The van der Waals surface area contributed by atoms with Crippen LogP contribution in [-0.2, 0) is 17.9 Å². The lowest BCUT2D eigenvalue weighted by Gasteiger charge is -2.07. The Kier molecular flexibility index (Phi) is 5.77. The first-order chi connectivity index (χ1) is 13.1. The number of benzene rings is 1. The maximum Gasteiger partial charge on any atom is 0.251 e. The minimum absolute atomic E-state index is 0.162. The van der Waals surface area contributed by atoms with E-state index < -0.39 is 0 Å². The van der Waals surface area contributed by atoms with Gasteiger partial charge in [0.15, 0.2) is 5.82 Å². The molecule has 2 aromatic heterocycles. The van der Waals surface area contributed by atoms with Crippen LogP contribution in [-0.4, -0.2) is 40.2 Å². The maximum atomic E-state index is 12.3. The number of carbonyl (C=O) groups excluding carboxylic acids is 1. The van der Waals surface area contributed by atoms with E-state index in [1.54, 1.807) is 19.2 Å². The molecule has 0 aliphatic heterocycles. The first-order valence-corrected chi connectivity index (χ1v) is 8.53. The van der Waals surface area contributed by atoms with Crippen molar-refractivity contribution in [3.05, 3.63) is 59.0 Å². The van der Waals surface area contributed by atoms with Crippen LogP contribution < -0.4 is 10.6 Å². The summed E-state index contributed by atoms with van der Waals surface area (Å²) in [6.07, 6.45) is 0. The van der Waals surface area contributed by atoms with Gasteiger partial charge in [0.25, 0.3) is 5.91 Å². The van der Waals surface area contributed by atoms with Crippen molar-refractivity contribution in [3.8, 4) is 11.4 Å². The van der Waals surface area contributed by atoms with Gasteiger partial charge in [0.05, 0.1) is 24.5 Å². The van der Waals surface area contributed by atoms with Crippen molar-refractivity contribution in [1.29, 1.82) is 0 Å². The first-order valence-electron chi connectivity index (χ1n) is 8.53. The van der Waals surface area contributed by atoms with Gasteiger partial charge in [0.2, 0.25) is 0 Å². The number of aromatic nitrogens is 4. The van der Waals surface area contributed by atoms with Crippen molar-refractivity contribution in [2.24, 2.45) is 0 Å². The lowest BCUT2D eigenvalue weighted by Crippen LogP contribution is -2.22. The van der Waals surface area contributed by atoms with Crippen LogP contribution in [0.25, 0.3) is 11.4 Å². The molecular formula is C19H22N6O2. The number of rotatable bonds is 7. The molecule has 0 radical (unpaired) electrons. The normalized spacial score (nSPS) is 10.6. The molecular weight excluding hydrogens is 344 g/mol. The molecule has 27 heavy (non-hydrogen) atoms. The quantitative estimate of drug-likeness (QED) is 0.593. The molecule has 8 heteroatoms. The van der Waals surface area contributed by atoms with E-state index in [4.69, 9.17) is 4.74 Å². The Morgan fingerprint density at radius 3 is 2.67 bits per heavy atom. The SMILES string of the molecule is CNc1cc(C)nc(-c2ccc(C(=O)NCc3cc(COC)n[nH]3)cc2)n1. The molecule has 1 amide bonds. The number of nitrogens with one attached hydrogen (secondary N) is 3. The number of nitrogens with zero attached hydrogens (tertiary/aromatic N) is 3. The van der Waals surface area contributed by atoms with E-state index >= 15 is 0 Å². The maximum absolute atomic E-state index is 12.3. The van der Waals surface area contributed by atoms with Crippen LogP contribution in [0.3, 0.4) is 0 Å². The number of hydrogen-bond acceptors (Lipinski definition) is 6. The highest BCUT2D eigenvalue weighted by molar-refractivity contribution is 5.94. The molecule has 8 nitrogen and oxygen atoms in total. The molecule has 3 N–H and O–H groups in total. The van der Waals surface area contributed by atoms with Gasteiger partial charge in [-0.1, -0.05) is 12.1 Å². The smallest absolute Gasteiger partial charge is 0.251 e. The Bertz CT molecular complexity index is 920. The number of hydrogen-bond donors (Lipinski definition) is 3. The highest BCUT2D eigenvalue weighted by Gasteiger charge is 2.09. The molecule has 3 rings (SSSR count). The van der Waals surface area contributed by atoms with E-state index in [2.05, 4.69) is 30.8 Å². The van der Waals surface area contributed by atoms with Gasteiger partial charge in [-0.25, -0.2) is 9.97 Å². The van der Waals surface area contributed by atoms with Gasteiger partial charge >= 0.3 is 0 Å². The highest BCUT2D eigenvalue weighted by Crippen LogP contribution is 2.18. The summed E-state index contributed by atoms with van der Waals surface area (Å²) >= 11 is 0. The Morgan fingerprint density at radius 1 is 1.19 bits per heavy atom. The van der Waals surface area contributed by atoms with Crippen LogP contribution in [0.4, 0.5) is 5.82 Å². The zero-order chi connectivity index (χ0) is 19.2. The summed E-state index contributed by atoms with van der Waals surface area (Å²) in [6, 6.07) is 10.9. The van der Waals surface area contributed by atoms with Crippen molar-refractivity contribution in [2.45, 2.75) is 20.1 Å². The van der Waals surface area contributed by atoms with Crippen molar-refractivity contribution in [1.82, 2.24) is 25.5 Å². The lowest BCUT2D eigenvalue weighted by atomic mass is 10.1. The number of carbonyl (C=O) groups is 1. The van der Waals surface area contributed by atoms with E-state index in [0.717, 1.165) is 28.5 Å². The van der Waals surface area contributed by atoms with E-state index in [0.29, 0.717) is 24.5 Å². The Morgan fingerprint density at radius 2 is 1.96 bits per heavy atom. The molecule has 0 bridgehead atoms. The molecule has 0 aliphatic carbocycles. The Hall–Kier alpha value is -3.26. The van der Waals surface area contributed by atoms with Crippen LogP contribution in [0.15, 0.2) is 36.4 Å². The average molecular weight is 366 g/mol. The van der Waals surface area contributed by atoms with E-state index in [9.17, 15) is 4.79 Å². The molecule has 0 fully saturated rings. The fourth-order valence-electron chi connectivity index (χ4n) is 2.60. The fourth-order valence-corrected chi connectivity index (χ4v) is 2.60. The predicted molar refractivity (Wildman–Crippen MR) is 102 cm³/mol. The zero-order valence-corrected chi connectivity index (χ0v) is 15.5. The second-order valence-corrected chi connectivity index (χ2v) is 6.05. The summed E-state index contributed by atoms with van der Waals surface area (Å²) in [5.74, 6) is 1.21. The van der Waals surface area contributed by atoms with Crippen molar-refractivity contribution >= 4 is 11.7 Å². The first kappa shape index (κ1) is 18.5. The molecule has 0 saturated heterocycles. The number of aromatic amines is 1. The minimum atomic E-state index is -0.162. The third-order valence-electron chi connectivity index (χ3n) is 3.93. The molecule has 0 saturated carbocycles. The molecule has 0 aliphatic rings. The highest BCUT2D eigenvalue weighted by atomic mass is 16.5. The van der Waals surface area contributed by atoms with Gasteiger partial charge in [0.1, 0.15) is 5.82 Å². The van der Waals surface area contributed by atoms with Gasteiger partial charge < -0.3 is 15.4 Å². The topological polar surface area (TPSA) is 105 Å². The number of anilines is 1. The lowest BCUT2D eigenvalue weighted by molar-refractivity contribution is 0.0950. The minimum Gasteiger partial charge on any atom is -0.378 e. The number of H-pyrrole nitrogens is 1. The van der Waals surface area contributed by atoms with Crippen LogP contribution in [0.1, 0.15) is 27.4 Å². The van der Waals surface area contributed by atoms with E-state index in [-0.39, 0.29) is 5.91 Å². The summed E-state index contributed by atoms with van der Waals surface area (Å²) in [5.41, 5.74) is 3.91. The van der Waals surface area contributed by atoms with Crippen LogP contribution in [0.5, 0.6) is 0 Å². The number of aryl methyl sites for hydroxylation is 1. The number of amides is 1. The van der Waals surface area contributed by atoms with Gasteiger partial charge in [-0.15, -0.1) is 0 Å². The Balaban J connectivity index is 1.65. The second-order valence-electron chi connectivity index (χ2n) is 6.05. The number of ether oxygens (including phenoxy) is 1. The van der Waals surface area contributed by atoms with Gasteiger partial charge in [-0.3, -0.25) is 9.89 Å². The second kappa shape index (κ2) is 8.41. The molecule has 0 unspecified atom stereocenters. The molecule has 0 spiro atoms. The standard InChI is InChI=1S/C19H22N6O2/c1-12-8-17(20-2)23-18(22-12)13-4-6-14(7-5-13)19(26)21-10-15-9-16(11-27-3)25-24-15/h4-9H,10-11H2,1-3H3,(H,21,26)(H,24,25)(H,20,22,23). The van der Waals surface area contributed by atoms with Crippen molar-refractivity contribution in [3.63, 3.8) is 0 Å². The van der Waals surface area contributed by atoms with Crippen LogP contribution >= 0.6 is 0 Å². The van der Waals surface area contributed by atoms with Crippen molar-refractivity contribution < 1.29 is 9.53 Å². The van der Waals surface area contributed by atoms with Gasteiger partial charge in [-0.2, -0.15) is 5.10 Å².